The first kappa shape index (κ1) is 22.9. The minimum Gasteiger partial charge on any atom is -0.0874 e. The van der Waals surface area contributed by atoms with Crippen molar-refractivity contribution in [2.75, 3.05) is 0 Å². The van der Waals surface area contributed by atoms with E-state index in [9.17, 15) is 0 Å². The summed E-state index contributed by atoms with van der Waals surface area (Å²) in [4.78, 5) is 0. The molecule has 0 N–H and O–H groups in total. The van der Waals surface area contributed by atoms with Crippen molar-refractivity contribution >= 4 is 0 Å². The molecule has 4 rings (SSSR count). The molecule has 30 heavy (non-hydrogen) atoms. The van der Waals surface area contributed by atoms with Crippen LogP contribution in [0.1, 0.15) is 120 Å². The quantitative estimate of drug-likeness (QED) is 0.394. The van der Waals surface area contributed by atoms with Gasteiger partial charge in [-0.2, -0.15) is 0 Å². The Balaban J connectivity index is 1.56. The lowest BCUT2D eigenvalue weighted by Gasteiger charge is -2.68. The maximum absolute atomic E-state index is 2.77. The molecule has 0 heterocycles. The molecule has 8 atom stereocenters. The van der Waals surface area contributed by atoms with Gasteiger partial charge in [-0.05, 0) is 102 Å². The third kappa shape index (κ3) is 3.28. The molecule has 0 aromatic heterocycles. The van der Waals surface area contributed by atoms with E-state index in [1.165, 1.54) is 64.2 Å². The Kier molecular flexibility index (Phi) is 5.85. The number of allylic oxidation sites excluding steroid dienone is 2. The molecule has 0 heteroatoms. The van der Waals surface area contributed by atoms with Crippen LogP contribution in [0.2, 0.25) is 0 Å². The third-order valence-corrected chi connectivity index (χ3v) is 11.9. The number of fused-ring (bicyclic) bond motifs is 5. The molecule has 4 aliphatic rings. The number of hydrogen-bond donors (Lipinski definition) is 0. The molecule has 3 saturated carbocycles. The third-order valence-electron chi connectivity index (χ3n) is 11.9. The summed E-state index contributed by atoms with van der Waals surface area (Å²) in [5.41, 5.74) is 2.02. The molecule has 0 spiro atoms. The van der Waals surface area contributed by atoms with Gasteiger partial charge in [0.2, 0.25) is 0 Å². The van der Waals surface area contributed by atoms with Gasteiger partial charge >= 0.3 is 0 Å². The topological polar surface area (TPSA) is 0 Å². The number of rotatable bonds is 5. The predicted octanol–water partition coefficient (Wildman–Crippen LogP) is 9.30. The molecule has 172 valence electrons. The first-order valence-corrected chi connectivity index (χ1v) is 13.6. The van der Waals surface area contributed by atoms with Crippen LogP contribution in [0.4, 0.5) is 0 Å². The molecule has 0 aliphatic heterocycles. The lowest BCUT2D eigenvalue weighted by atomic mass is 9.36. The maximum Gasteiger partial charge on any atom is -0.0141 e. The lowest BCUT2D eigenvalue weighted by molar-refractivity contribution is -0.187. The second kappa shape index (κ2) is 7.66. The molecule has 0 aromatic rings. The molecule has 0 amide bonds. The smallest absolute Gasteiger partial charge is 0.0141 e. The highest BCUT2D eigenvalue weighted by atomic mass is 14.7. The Hall–Kier alpha value is -0.260. The van der Waals surface area contributed by atoms with Crippen LogP contribution >= 0.6 is 0 Å². The molecule has 0 bridgehead atoms. The van der Waals surface area contributed by atoms with E-state index >= 15 is 0 Å². The van der Waals surface area contributed by atoms with Crippen LogP contribution in [-0.4, -0.2) is 0 Å². The highest BCUT2D eigenvalue weighted by Crippen LogP contribution is 2.75. The zero-order chi connectivity index (χ0) is 21.9. The first-order chi connectivity index (χ1) is 14.0. The van der Waals surface area contributed by atoms with Crippen molar-refractivity contribution in [2.24, 2.45) is 57.2 Å². The summed E-state index contributed by atoms with van der Waals surface area (Å²) in [5.74, 6) is 5.57. The van der Waals surface area contributed by atoms with Crippen LogP contribution in [0.3, 0.4) is 0 Å². The molecule has 4 aliphatic carbocycles. The zero-order valence-electron chi connectivity index (χ0n) is 21.7. The Morgan fingerprint density at radius 1 is 0.800 bits per heavy atom. The Bertz CT molecular complexity index is 655. The van der Waals surface area contributed by atoms with Crippen LogP contribution in [0, 0.1) is 57.2 Å². The Morgan fingerprint density at radius 2 is 1.50 bits per heavy atom. The second-order valence-electron chi connectivity index (χ2n) is 14.1. The maximum atomic E-state index is 2.77. The van der Waals surface area contributed by atoms with Gasteiger partial charge in [0.1, 0.15) is 0 Å². The van der Waals surface area contributed by atoms with Crippen LogP contribution in [0.5, 0.6) is 0 Å². The monoisotopic (exact) mass is 412 g/mol. The van der Waals surface area contributed by atoms with Gasteiger partial charge in [0, 0.05) is 0 Å². The zero-order valence-corrected chi connectivity index (χ0v) is 21.7. The summed E-state index contributed by atoms with van der Waals surface area (Å²) >= 11 is 0. The summed E-state index contributed by atoms with van der Waals surface area (Å²) < 4.78 is 0. The summed E-state index contributed by atoms with van der Waals surface area (Å²) in [6.07, 6.45) is 19.7. The van der Waals surface area contributed by atoms with E-state index in [0.717, 1.165) is 35.5 Å². The van der Waals surface area contributed by atoms with Gasteiger partial charge in [0.25, 0.3) is 0 Å². The summed E-state index contributed by atoms with van der Waals surface area (Å²) in [6.45, 7) is 20.7. The molecule has 0 nitrogen and oxygen atoms in total. The van der Waals surface area contributed by atoms with E-state index in [4.69, 9.17) is 0 Å². The average Bonchev–Trinajstić information content (AvgIpc) is 2.99. The second-order valence-corrected chi connectivity index (χ2v) is 14.1. The standard InChI is InChI=1S/C30H52/c1-21(2)11-9-12-22(3)23-15-19-29(7)24(23)13-14-26-28(6)18-10-17-27(4,5)25(28)16-20-30(26,29)8/h10,17,21-26H,9,11-16,18-20H2,1-8H3/t22-,23-,24+,25?,26-,28+,29+,30-/m1/s1. The van der Waals surface area contributed by atoms with Gasteiger partial charge in [0.05, 0.1) is 0 Å². The van der Waals surface area contributed by atoms with Crippen molar-refractivity contribution in [1.29, 1.82) is 0 Å². The van der Waals surface area contributed by atoms with Gasteiger partial charge < -0.3 is 0 Å². The van der Waals surface area contributed by atoms with Crippen molar-refractivity contribution in [3.05, 3.63) is 12.2 Å². The molecule has 0 aromatic carbocycles. The van der Waals surface area contributed by atoms with Gasteiger partial charge in [-0.15, -0.1) is 0 Å². The number of hydrogen-bond acceptors (Lipinski definition) is 0. The fraction of sp³-hybridized carbons (Fsp3) is 0.933. The molecule has 0 radical (unpaired) electrons. The minimum absolute atomic E-state index is 0.384. The van der Waals surface area contributed by atoms with Crippen LogP contribution in [0.15, 0.2) is 12.2 Å². The first-order valence-electron chi connectivity index (χ1n) is 13.6. The summed E-state index contributed by atoms with van der Waals surface area (Å²) in [5, 5.41) is 0. The van der Waals surface area contributed by atoms with Crippen LogP contribution in [-0.2, 0) is 0 Å². The van der Waals surface area contributed by atoms with E-state index in [1.807, 2.05) is 0 Å². The predicted molar refractivity (Wildman–Crippen MR) is 131 cm³/mol. The van der Waals surface area contributed by atoms with Crippen molar-refractivity contribution in [3.63, 3.8) is 0 Å². The lowest BCUT2D eigenvalue weighted by Crippen LogP contribution is -2.61. The van der Waals surface area contributed by atoms with Crippen molar-refractivity contribution in [2.45, 2.75) is 120 Å². The highest BCUT2D eigenvalue weighted by molar-refractivity contribution is 5.20. The van der Waals surface area contributed by atoms with E-state index < -0.39 is 0 Å². The fourth-order valence-electron chi connectivity index (χ4n) is 10.1. The fourth-order valence-corrected chi connectivity index (χ4v) is 10.1. The van der Waals surface area contributed by atoms with Gasteiger partial charge in [-0.3, -0.25) is 0 Å². The van der Waals surface area contributed by atoms with Gasteiger partial charge in [-0.25, -0.2) is 0 Å². The van der Waals surface area contributed by atoms with E-state index in [2.05, 4.69) is 67.5 Å². The van der Waals surface area contributed by atoms with Crippen molar-refractivity contribution < 1.29 is 0 Å². The molecule has 3 fully saturated rings. The SMILES string of the molecule is CC(C)CCC[C@@H](C)[C@H]1CC[C@@]2(C)[C@H]1CC[C@@H]1[C@@]3(C)CC=CC(C)(C)C3CC[C@]12C. The normalized spacial score (nSPS) is 48.2. The van der Waals surface area contributed by atoms with E-state index in [-0.39, 0.29) is 0 Å². The van der Waals surface area contributed by atoms with E-state index in [1.54, 1.807) is 0 Å². The van der Waals surface area contributed by atoms with Gasteiger partial charge in [-0.1, -0.05) is 86.8 Å². The molecule has 1 unspecified atom stereocenters. The van der Waals surface area contributed by atoms with Gasteiger partial charge in [0.15, 0.2) is 0 Å². The molecular weight excluding hydrogens is 360 g/mol. The summed E-state index contributed by atoms with van der Waals surface area (Å²) in [6, 6.07) is 0. The molecule has 0 saturated heterocycles. The Labute approximate surface area is 189 Å². The summed E-state index contributed by atoms with van der Waals surface area (Å²) in [7, 11) is 0. The van der Waals surface area contributed by atoms with Crippen LogP contribution < -0.4 is 0 Å². The average molecular weight is 413 g/mol. The van der Waals surface area contributed by atoms with E-state index in [0.29, 0.717) is 21.7 Å². The minimum atomic E-state index is 0.384. The Morgan fingerprint density at radius 3 is 2.20 bits per heavy atom. The van der Waals surface area contributed by atoms with Crippen molar-refractivity contribution in [1.82, 2.24) is 0 Å². The largest absolute Gasteiger partial charge is 0.0874 e. The highest BCUT2D eigenvalue weighted by Gasteiger charge is 2.67. The van der Waals surface area contributed by atoms with Crippen molar-refractivity contribution in [3.8, 4) is 0 Å². The molecular formula is C30H52. The van der Waals surface area contributed by atoms with Crippen LogP contribution in [0.25, 0.3) is 0 Å².